The number of piperidine rings is 4. The van der Waals surface area contributed by atoms with E-state index in [1.807, 2.05) is 60.8 Å². The Balaban J connectivity index is 0.704. The summed E-state index contributed by atoms with van der Waals surface area (Å²) in [6, 6.07) is 21.2. The summed E-state index contributed by atoms with van der Waals surface area (Å²) >= 11 is 12.4. The molecule has 364 valence electrons. The molecule has 1 N–H and O–H groups in total. The summed E-state index contributed by atoms with van der Waals surface area (Å²) < 4.78 is 15.1. The van der Waals surface area contributed by atoms with Crippen molar-refractivity contribution in [2.24, 2.45) is 24.8 Å². The first-order valence-corrected chi connectivity index (χ1v) is 25.5. The van der Waals surface area contributed by atoms with E-state index in [2.05, 4.69) is 51.0 Å². The number of ether oxygens (including phenoxy) is 2. The number of hydrogen-bond donors (Lipinski definition) is 1. The van der Waals surface area contributed by atoms with Gasteiger partial charge in [0.2, 0.25) is 17.8 Å². The smallest absolute Gasteiger partial charge is 0.329 e. The number of para-hydroxylation sites is 1. The number of hydrogen-bond acceptors (Lipinski definition) is 11. The van der Waals surface area contributed by atoms with Gasteiger partial charge in [-0.2, -0.15) is 5.26 Å². The Morgan fingerprint density at radius 2 is 1.57 bits per heavy atom. The molecule has 69 heavy (non-hydrogen) atoms. The van der Waals surface area contributed by atoms with Crippen molar-refractivity contribution in [3.8, 4) is 17.6 Å². The van der Waals surface area contributed by atoms with E-state index >= 15 is 0 Å². The van der Waals surface area contributed by atoms with Crippen LogP contribution in [0.15, 0.2) is 71.7 Å². The molecule has 2 aromatic heterocycles. The number of benzene rings is 3. The molecule has 0 bridgehead atoms. The van der Waals surface area contributed by atoms with Crippen molar-refractivity contribution in [1.82, 2.24) is 34.2 Å². The van der Waals surface area contributed by atoms with Crippen LogP contribution in [0.4, 0.5) is 5.95 Å². The fourth-order valence-corrected chi connectivity index (χ4v) is 11.6. The van der Waals surface area contributed by atoms with Gasteiger partial charge in [-0.3, -0.25) is 28.9 Å². The van der Waals surface area contributed by atoms with Gasteiger partial charge in [-0.05, 0) is 142 Å². The van der Waals surface area contributed by atoms with Gasteiger partial charge in [-0.15, -0.1) is 11.6 Å². The highest BCUT2D eigenvalue weighted by atomic mass is 35.5. The Labute approximate surface area is 414 Å². The van der Waals surface area contributed by atoms with Crippen LogP contribution >= 0.6 is 23.2 Å². The Morgan fingerprint density at radius 1 is 0.855 bits per heavy atom. The van der Waals surface area contributed by atoms with Crippen LogP contribution in [0.2, 0.25) is 5.02 Å². The summed E-state index contributed by atoms with van der Waals surface area (Å²) in [4.78, 5) is 55.1. The summed E-state index contributed by atoms with van der Waals surface area (Å²) in [6.45, 7) is 13.1. The van der Waals surface area contributed by atoms with Crippen molar-refractivity contribution in [3.05, 3.63) is 110 Å². The second-order valence-corrected chi connectivity index (χ2v) is 20.7. The summed E-state index contributed by atoms with van der Waals surface area (Å²) in [5.41, 5.74) is 5.23. The number of rotatable bonds is 15. The van der Waals surface area contributed by atoms with Crippen molar-refractivity contribution < 1.29 is 19.1 Å². The molecule has 4 saturated heterocycles. The molecule has 3 aromatic carbocycles. The first-order chi connectivity index (χ1) is 33.4. The average Bonchev–Trinajstić information content (AvgIpc) is 3.62. The van der Waals surface area contributed by atoms with Gasteiger partial charge >= 0.3 is 5.69 Å². The van der Waals surface area contributed by atoms with Crippen molar-refractivity contribution in [1.29, 1.82) is 5.26 Å². The summed E-state index contributed by atoms with van der Waals surface area (Å²) in [7, 11) is 1.78. The number of alkyl halides is 1. The molecule has 14 nitrogen and oxygen atoms in total. The molecule has 2 amide bonds. The fourth-order valence-electron chi connectivity index (χ4n) is 11.2. The number of carbonyl (C=O) groups is 2. The topological polar surface area (TPSA) is 151 Å². The Kier molecular flexibility index (Phi) is 15.0. The summed E-state index contributed by atoms with van der Waals surface area (Å²) in [6.07, 6.45) is 9.58. The number of amides is 2. The zero-order chi connectivity index (χ0) is 48.2. The lowest BCUT2D eigenvalue weighted by Gasteiger charge is -2.41. The number of aryl methyl sites for hydroxylation is 1. The Bertz CT molecular complexity index is 2740. The third-order valence-corrected chi connectivity index (χ3v) is 15.8. The lowest BCUT2D eigenvalue weighted by atomic mass is 9.77. The van der Waals surface area contributed by atoms with E-state index in [1.165, 1.54) is 32.5 Å². The highest BCUT2D eigenvalue weighted by Crippen LogP contribution is 2.39. The van der Waals surface area contributed by atoms with E-state index in [9.17, 15) is 19.6 Å². The molecule has 4 aliphatic rings. The highest BCUT2D eigenvalue weighted by molar-refractivity contribution is 6.32. The minimum absolute atomic E-state index is 0.223. The third-order valence-electron chi connectivity index (χ3n) is 15.3. The maximum Gasteiger partial charge on any atom is 0.329 e. The van der Waals surface area contributed by atoms with E-state index in [1.54, 1.807) is 16.2 Å². The number of likely N-dealkylation sites (tertiary alicyclic amines) is 2. The molecule has 1 atom stereocenters. The molecular weight excluding hydrogens is 914 g/mol. The van der Waals surface area contributed by atoms with Crippen molar-refractivity contribution >= 4 is 52.0 Å². The molecule has 0 spiro atoms. The maximum atomic E-state index is 13.4. The van der Waals surface area contributed by atoms with Crippen LogP contribution in [0.5, 0.6) is 11.5 Å². The highest BCUT2D eigenvalue weighted by Gasteiger charge is 2.34. The second-order valence-electron chi connectivity index (χ2n) is 19.9. The normalized spacial score (nSPS) is 19.5. The summed E-state index contributed by atoms with van der Waals surface area (Å²) in [5, 5.41) is 12.6. The Hall–Kier alpha value is -5.46. The number of fused-ring (bicyclic) bond motifs is 1. The molecule has 0 radical (unpaired) electrons. The molecule has 5 aromatic rings. The molecule has 1 unspecified atom stereocenters. The van der Waals surface area contributed by atoms with Crippen LogP contribution < -0.4 is 25.4 Å². The SMILES string of the molecule is Cn1c(=O)n(C2CCC(=O)NC2=O)c2cccc(CN3CCC(CN4CCC(C5CCN(c6nccc(COc7ccc(C(C)(C)c8cc(Cl)c(OCCCl)c(C#N)c8)cc7)n6)CC5)CC4)CC3)c21. The number of nitriles is 1. The van der Waals surface area contributed by atoms with Crippen LogP contribution in [0.1, 0.15) is 99.2 Å². The molecule has 0 saturated carbocycles. The number of nitrogens with one attached hydrogen (secondary N) is 1. The standard InChI is InChI=1S/C53H63Cl2N9O5/c1-53(2,41-29-39(31-56)49(44(55)30-41)68-28-20-54)40-7-9-43(10-8-40)69-34-42-13-21-57-51(58-42)63-26-18-37(19-27-63)36-16-24-61(25-17-36)32-35-14-22-62(23-15-35)33-38-5-4-6-45-48(38)60(3)52(67)64(45)46-11-12-47(65)59-50(46)66/h4-10,13,21,29-30,35-37,46H,11-12,14-20,22-28,32-34H2,1-3H3,(H,59,65,66). The van der Waals surface area contributed by atoms with Crippen LogP contribution in [0, 0.1) is 29.1 Å². The predicted molar refractivity (Wildman–Crippen MR) is 268 cm³/mol. The zero-order valence-corrected chi connectivity index (χ0v) is 41.5. The van der Waals surface area contributed by atoms with Crippen LogP contribution in [-0.4, -0.2) is 99.0 Å². The van der Waals surface area contributed by atoms with Gasteiger partial charge in [0.25, 0.3) is 0 Å². The predicted octanol–water partition coefficient (Wildman–Crippen LogP) is 8.00. The van der Waals surface area contributed by atoms with E-state index in [0.29, 0.717) is 41.2 Å². The Morgan fingerprint density at radius 3 is 2.26 bits per heavy atom. The molecule has 4 fully saturated rings. The number of aromatic nitrogens is 4. The van der Waals surface area contributed by atoms with Gasteiger partial charge < -0.3 is 19.3 Å². The quantitative estimate of drug-likeness (QED) is 0.0803. The van der Waals surface area contributed by atoms with E-state index < -0.39 is 17.4 Å². The molecule has 16 heteroatoms. The van der Waals surface area contributed by atoms with E-state index in [4.69, 9.17) is 37.7 Å². The van der Waals surface area contributed by atoms with E-state index in [0.717, 1.165) is 115 Å². The molecule has 9 rings (SSSR count). The number of anilines is 1. The largest absolute Gasteiger partial charge is 0.489 e. The number of nitrogens with zero attached hydrogens (tertiary/aromatic N) is 8. The minimum Gasteiger partial charge on any atom is -0.489 e. The van der Waals surface area contributed by atoms with Gasteiger partial charge in [0.05, 0.1) is 33.2 Å². The maximum absolute atomic E-state index is 13.4. The van der Waals surface area contributed by atoms with Crippen molar-refractivity contribution in [2.75, 3.05) is 63.2 Å². The first-order valence-electron chi connectivity index (χ1n) is 24.6. The zero-order valence-electron chi connectivity index (χ0n) is 40.0. The van der Waals surface area contributed by atoms with Crippen molar-refractivity contribution in [2.45, 2.75) is 89.8 Å². The monoisotopic (exact) mass is 975 g/mol. The van der Waals surface area contributed by atoms with Crippen molar-refractivity contribution in [3.63, 3.8) is 0 Å². The molecule has 4 aliphatic heterocycles. The first kappa shape index (κ1) is 48.6. The second kappa shape index (κ2) is 21.3. The molecular formula is C53H63Cl2N9O5. The number of imidazole rings is 1. The number of carbonyl (C=O) groups excluding carboxylic acids is 2. The lowest BCUT2D eigenvalue weighted by Crippen LogP contribution is -2.44. The van der Waals surface area contributed by atoms with Gasteiger partial charge in [0.1, 0.15) is 31.1 Å². The van der Waals surface area contributed by atoms with Crippen LogP contribution in [-0.2, 0) is 35.2 Å². The van der Waals surface area contributed by atoms with Gasteiger partial charge in [0, 0.05) is 51.3 Å². The lowest BCUT2D eigenvalue weighted by molar-refractivity contribution is -0.135. The van der Waals surface area contributed by atoms with Gasteiger partial charge in [0.15, 0.2) is 5.75 Å². The molecule has 0 aliphatic carbocycles. The van der Waals surface area contributed by atoms with E-state index in [-0.39, 0.29) is 24.6 Å². The van der Waals surface area contributed by atoms with Gasteiger partial charge in [-0.1, -0.05) is 49.7 Å². The number of halogens is 2. The molecule has 6 heterocycles. The minimum atomic E-state index is -0.679. The average molecular weight is 977 g/mol. The number of imide groups is 1. The third kappa shape index (κ3) is 10.7. The van der Waals surface area contributed by atoms with Crippen LogP contribution in [0.25, 0.3) is 11.0 Å². The summed E-state index contributed by atoms with van der Waals surface area (Å²) in [5.74, 6) is 3.67. The van der Waals surface area contributed by atoms with Crippen LogP contribution in [0.3, 0.4) is 0 Å². The van der Waals surface area contributed by atoms with Gasteiger partial charge in [-0.25, -0.2) is 14.8 Å². The fraction of sp³-hybridized carbons (Fsp3) is 0.509.